The molecule has 148 valence electrons. The molecule has 0 aromatic rings. The van der Waals surface area contributed by atoms with Crippen LogP contribution in [0.25, 0.3) is 0 Å². The summed E-state index contributed by atoms with van der Waals surface area (Å²) in [5.41, 5.74) is 13.5. The molecule has 0 aliphatic heterocycles. The van der Waals surface area contributed by atoms with E-state index in [1.165, 1.54) is 51.4 Å². The first-order chi connectivity index (χ1) is 11.7. The van der Waals surface area contributed by atoms with Crippen LogP contribution in [-0.4, -0.2) is 5.66 Å². The second-order valence-electron chi connectivity index (χ2n) is 10.4. The maximum Gasteiger partial charge on any atom is 0.0694 e. The van der Waals surface area contributed by atoms with Crippen LogP contribution in [0.3, 0.4) is 0 Å². The molecule has 2 fully saturated rings. The summed E-state index contributed by atoms with van der Waals surface area (Å²) in [5.74, 6) is 5.77. The molecule has 0 aromatic carbocycles. The van der Waals surface area contributed by atoms with E-state index in [1.54, 1.807) is 0 Å². The quantitative estimate of drug-likeness (QED) is 0.595. The molecule has 2 heteroatoms. The second kappa shape index (κ2) is 8.74. The van der Waals surface area contributed by atoms with Crippen LogP contribution >= 0.6 is 0 Å². The second-order valence-corrected chi connectivity index (χ2v) is 10.4. The highest BCUT2D eigenvalue weighted by atomic mass is 15.0. The Morgan fingerprint density at radius 3 is 1.44 bits per heavy atom. The summed E-state index contributed by atoms with van der Waals surface area (Å²) in [5, 5.41) is 0. The molecule has 0 bridgehead atoms. The van der Waals surface area contributed by atoms with Crippen LogP contribution < -0.4 is 11.5 Å². The summed E-state index contributed by atoms with van der Waals surface area (Å²) in [6.45, 7) is 14.2. The Hall–Kier alpha value is -0.0800. The third-order valence-electron chi connectivity index (χ3n) is 8.14. The van der Waals surface area contributed by atoms with Gasteiger partial charge in [0.1, 0.15) is 0 Å². The number of hydrogen-bond donors (Lipinski definition) is 2. The molecule has 2 aliphatic rings. The minimum absolute atomic E-state index is 0.470. The van der Waals surface area contributed by atoms with Gasteiger partial charge < -0.3 is 11.5 Å². The molecule has 0 amide bonds. The largest absolute Gasteiger partial charge is 0.313 e. The van der Waals surface area contributed by atoms with Crippen molar-refractivity contribution in [2.24, 2.45) is 58.8 Å². The Labute approximate surface area is 157 Å². The molecule has 25 heavy (non-hydrogen) atoms. The summed E-state index contributed by atoms with van der Waals surface area (Å²) < 4.78 is 0. The monoisotopic (exact) mass is 350 g/mol. The van der Waals surface area contributed by atoms with E-state index in [1.807, 2.05) is 0 Å². The van der Waals surface area contributed by atoms with Crippen LogP contribution in [0.5, 0.6) is 0 Å². The van der Waals surface area contributed by atoms with Crippen molar-refractivity contribution < 1.29 is 0 Å². The lowest BCUT2D eigenvalue weighted by Crippen LogP contribution is -2.63. The highest BCUT2D eigenvalue weighted by molar-refractivity contribution is 4.99. The SMILES string of the molecule is CCC1CC(CC)CC(C(N)(N)C2CC(C(C)C)CC(C(C)C)C2)C1. The third kappa shape index (κ3) is 5.01. The summed E-state index contributed by atoms with van der Waals surface area (Å²) in [7, 11) is 0. The smallest absolute Gasteiger partial charge is 0.0694 e. The van der Waals surface area contributed by atoms with Crippen molar-refractivity contribution >= 4 is 0 Å². The fraction of sp³-hybridized carbons (Fsp3) is 1.00. The lowest BCUT2D eigenvalue weighted by atomic mass is 9.60. The van der Waals surface area contributed by atoms with Crippen LogP contribution in [-0.2, 0) is 0 Å². The highest BCUT2D eigenvalue weighted by Crippen LogP contribution is 2.48. The molecule has 0 heterocycles. The molecule has 2 nitrogen and oxygen atoms in total. The maximum absolute atomic E-state index is 7.00. The lowest BCUT2D eigenvalue weighted by molar-refractivity contribution is 0.0222. The van der Waals surface area contributed by atoms with E-state index in [9.17, 15) is 0 Å². The van der Waals surface area contributed by atoms with Gasteiger partial charge in [0.25, 0.3) is 0 Å². The van der Waals surface area contributed by atoms with Gasteiger partial charge in [-0.1, -0.05) is 54.4 Å². The van der Waals surface area contributed by atoms with Crippen molar-refractivity contribution in [3.63, 3.8) is 0 Å². The van der Waals surface area contributed by atoms with Crippen molar-refractivity contribution in [3.8, 4) is 0 Å². The van der Waals surface area contributed by atoms with E-state index in [2.05, 4.69) is 41.5 Å². The molecule has 2 rings (SSSR count). The van der Waals surface area contributed by atoms with Crippen LogP contribution in [0, 0.1) is 47.3 Å². The number of rotatable bonds is 6. The molecule has 0 aromatic heterocycles. The van der Waals surface area contributed by atoms with Crippen molar-refractivity contribution in [3.05, 3.63) is 0 Å². The van der Waals surface area contributed by atoms with Gasteiger partial charge in [0.2, 0.25) is 0 Å². The third-order valence-corrected chi connectivity index (χ3v) is 8.14. The van der Waals surface area contributed by atoms with Crippen LogP contribution in [0.15, 0.2) is 0 Å². The molecule has 2 aliphatic carbocycles. The van der Waals surface area contributed by atoms with E-state index in [0.29, 0.717) is 11.8 Å². The number of hydrogen-bond acceptors (Lipinski definition) is 2. The minimum atomic E-state index is -0.470. The van der Waals surface area contributed by atoms with E-state index in [0.717, 1.165) is 35.5 Å². The van der Waals surface area contributed by atoms with Crippen molar-refractivity contribution in [2.45, 2.75) is 98.6 Å². The Kier molecular flexibility index (Phi) is 7.42. The van der Waals surface area contributed by atoms with Gasteiger partial charge in [-0.15, -0.1) is 0 Å². The molecule has 4 atom stereocenters. The Morgan fingerprint density at radius 1 is 0.680 bits per heavy atom. The average molecular weight is 351 g/mol. The number of nitrogens with two attached hydrogens (primary N) is 2. The van der Waals surface area contributed by atoms with Gasteiger partial charge in [-0.05, 0) is 85.9 Å². The van der Waals surface area contributed by atoms with Gasteiger partial charge in [0.05, 0.1) is 5.66 Å². The Morgan fingerprint density at radius 2 is 1.08 bits per heavy atom. The predicted molar refractivity (Wildman–Crippen MR) is 110 cm³/mol. The first-order valence-corrected chi connectivity index (χ1v) is 11.3. The predicted octanol–water partition coefficient (Wildman–Crippen LogP) is 5.80. The molecule has 2 saturated carbocycles. The van der Waals surface area contributed by atoms with Gasteiger partial charge in [-0.25, -0.2) is 0 Å². The van der Waals surface area contributed by atoms with E-state index in [-0.39, 0.29) is 0 Å². The van der Waals surface area contributed by atoms with Gasteiger partial charge >= 0.3 is 0 Å². The molecule has 0 spiro atoms. The van der Waals surface area contributed by atoms with Crippen molar-refractivity contribution in [1.29, 1.82) is 0 Å². The lowest BCUT2D eigenvalue weighted by Gasteiger charge is -2.50. The van der Waals surface area contributed by atoms with Crippen molar-refractivity contribution in [1.82, 2.24) is 0 Å². The fourth-order valence-corrected chi connectivity index (χ4v) is 5.88. The van der Waals surface area contributed by atoms with Gasteiger partial charge in [0, 0.05) is 0 Å². The molecular weight excluding hydrogens is 304 g/mol. The summed E-state index contributed by atoms with van der Waals surface area (Å²) in [4.78, 5) is 0. The first-order valence-electron chi connectivity index (χ1n) is 11.3. The fourth-order valence-electron chi connectivity index (χ4n) is 5.88. The first kappa shape index (κ1) is 21.2. The summed E-state index contributed by atoms with van der Waals surface area (Å²) in [6, 6.07) is 0. The van der Waals surface area contributed by atoms with Crippen LogP contribution in [0.4, 0.5) is 0 Å². The van der Waals surface area contributed by atoms with Crippen LogP contribution in [0.2, 0.25) is 0 Å². The standard InChI is InChI=1S/C23H46N2/c1-7-17-9-18(8-2)11-21(10-17)23(24,25)22-13-19(15(3)4)12-20(14-22)16(5)6/h15-22H,7-14,24-25H2,1-6H3. The highest BCUT2D eigenvalue weighted by Gasteiger charge is 2.46. The summed E-state index contributed by atoms with van der Waals surface area (Å²) >= 11 is 0. The zero-order valence-corrected chi connectivity index (χ0v) is 17.9. The average Bonchev–Trinajstić information content (AvgIpc) is 2.60. The van der Waals surface area contributed by atoms with Gasteiger partial charge in [0.15, 0.2) is 0 Å². The molecular formula is C23H46N2. The van der Waals surface area contributed by atoms with Gasteiger partial charge in [-0.3, -0.25) is 0 Å². The van der Waals surface area contributed by atoms with Crippen LogP contribution in [0.1, 0.15) is 92.9 Å². The molecule has 4 N–H and O–H groups in total. The van der Waals surface area contributed by atoms with Crippen molar-refractivity contribution in [2.75, 3.05) is 0 Å². The Bertz CT molecular complexity index is 373. The minimum Gasteiger partial charge on any atom is -0.313 e. The molecule has 0 radical (unpaired) electrons. The Balaban J connectivity index is 2.17. The van der Waals surface area contributed by atoms with Gasteiger partial charge in [-0.2, -0.15) is 0 Å². The normalized spacial score (nSPS) is 37.7. The van der Waals surface area contributed by atoms with E-state index >= 15 is 0 Å². The zero-order valence-electron chi connectivity index (χ0n) is 17.9. The molecule has 0 saturated heterocycles. The van der Waals surface area contributed by atoms with E-state index in [4.69, 9.17) is 11.5 Å². The topological polar surface area (TPSA) is 52.0 Å². The van der Waals surface area contributed by atoms with E-state index < -0.39 is 5.66 Å². The summed E-state index contributed by atoms with van der Waals surface area (Å²) in [6.07, 6.45) is 10.4. The molecule has 4 unspecified atom stereocenters. The zero-order chi connectivity index (χ0) is 18.8. The maximum atomic E-state index is 7.00.